The molecule has 2 fully saturated rings. The summed E-state index contributed by atoms with van der Waals surface area (Å²) in [5.41, 5.74) is 0. The van der Waals surface area contributed by atoms with Crippen LogP contribution in [-0.4, -0.2) is 45.8 Å². The zero-order valence-electron chi connectivity index (χ0n) is 13.2. The molecule has 1 saturated heterocycles. The molecule has 0 unspecified atom stereocenters. The van der Waals surface area contributed by atoms with Crippen LogP contribution in [0.4, 0.5) is 5.82 Å². The lowest BCUT2D eigenvalue weighted by Crippen LogP contribution is -2.43. The Morgan fingerprint density at radius 2 is 2.04 bits per heavy atom. The molecule has 7 nitrogen and oxygen atoms in total. The maximum atomic E-state index is 5.31. The Bertz CT molecular complexity index is 619. The van der Waals surface area contributed by atoms with Crippen molar-refractivity contribution in [1.29, 1.82) is 0 Å². The van der Waals surface area contributed by atoms with Crippen LogP contribution in [0.15, 0.2) is 23.1 Å². The highest BCUT2D eigenvalue weighted by molar-refractivity contribution is 5.35. The Kier molecular flexibility index (Phi) is 4.19. The number of nitrogens with zero attached hydrogens (tertiary/aromatic N) is 5. The molecule has 2 aromatic heterocycles. The van der Waals surface area contributed by atoms with E-state index in [-0.39, 0.29) is 0 Å². The van der Waals surface area contributed by atoms with Crippen molar-refractivity contribution in [2.45, 2.75) is 44.1 Å². The standard InChI is InChI=1S/C16H22N6O/c1-2-12(1)16-20-15(23-21-16)3-6-18-13-4-9-22(10-5-13)14-11-17-7-8-19-14/h7-8,11-13,18H,1-6,9-10H2. The topological polar surface area (TPSA) is 80.0 Å². The van der Waals surface area contributed by atoms with Crippen LogP contribution in [0.25, 0.3) is 0 Å². The van der Waals surface area contributed by atoms with Gasteiger partial charge in [0, 0.05) is 50.4 Å². The van der Waals surface area contributed by atoms with E-state index in [0.717, 1.165) is 56.4 Å². The highest BCUT2D eigenvalue weighted by Gasteiger charge is 2.28. The Balaban J connectivity index is 1.19. The summed E-state index contributed by atoms with van der Waals surface area (Å²) in [5.74, 6) is 3.20. The maximum absolute atomic E-state index is 5.31. The zero-order chi connectivity index (χ0) is 15.5. The first-order valence-electron chi connectivity index (χ1n) is 8.45. The minimum atomic E-state index is 0.550. The summed E-state index contributed by atoms with van der Waals surface area (Å²) in [4.78, 5) is 15.3. The third kappa shape index (κ3) is 3.67. The first-order valence-corrected chi connectivity index (χ1v) is 8.45. The van der Waals surface area contributed by atoms with E-state index in [1.807, 2.05) is 6.20 Å². The smallest absolute Gasteiger partial charge is 0.227 e. The summed E-state index contributed by atoms with van der Waals surface area (Å²) >= 11 is 0. The lowest BCUT2D eigenvalue weighted by molar-refractivity contribution is 0.360. The highest BCUT2D eigenvalue weighted by atomic mass is 16.5. The molecule has 0 bridgehead atoms. The third-order valence-electron chi connectivity index (χ3n) is 4.57. The first kappa shape index (κ1) is 14.6. The zero-order valence-corrected chi connectivity index (χ0v) is 13.2. The minimum absolute atomic E-state index is 0.550. The van der Waals surface area contributed by atoms with Crippen LogP contribution >= 0.6 is 0 Å². The molecule has 0 aromatic carbocycles. The van der Waals surface area contributed by atoms with Gasteiger partial charge in [-0.1, -0.05) is 5.16 Å². The van der Waals surface area contributed by atoms with Gasteiger partial charge in [-0.15, -0.1) is 0 Å². The molecule has 1 N–H and O–H groups in total. The normalized spacial score (nSPS) is 19.2. The van der Waals surface area contributed by atoms with Gasteiger partial charge >= 0.3 is 0 Å². The molecule has 1 aliphatic heterocycles. The van der Waals surface area contributed by atoms with Gasteiger partial charge in [-0.3, -0.25) is 4.98 Å². The summed E-state index contributed by atoms with van der Waals surface area (Å²) in [6.07, 6.45) is 10.8. The van der Waals surface area contributed by atoms with E-state index in [1.165, 1.54) is 12.8 Å². The van der Waals surface area contributed by atoms with E-state index in [9.17, 15) is 0 Å². The largest absolute Gasteiger partial charge is 0.355 e. The number of rotatable bonds is 6. The molecular weight excluding hydrogens is 292 g/mol. The molecule has 0 amide bonds. The van der Waals surface area contributed by atoms with Crippen molar-refractivity contribution in [3.05, 3.63) is 30.3 Å². The van der Waals surface area contributed by atoms with Gasteiger partial charge in [0.05, 0.1) is 6.20 Å². The first-order chi connectivity index (χ1) is 11.4. The van der Waals surface area contributed by atoms with Crippen molar-refractivity contribution in [2.75, 3.05) is 24.5 Å². The lowest BCUT2D eigenvalue weighted by atomic mass is 10.1. The van der Waals surface area contributed by atoms with Gasteiger partial charge in [-0.05, 0) is 25.7 Å². The van der Waals surface area contributed by atoms with Gasteiger partial charge in [-0.25, -0.2) is 4.98 Å². The summed E-state index contributed by atoms with van der Waals surface area (Å²) in [6, 6.07) is 0.550. The van der Waals surface area contributed by atoms with Crippen molar-refractivity contribution < 1.29 is 4.52 Å². The molecule has 2 aliphatic rings. The molecular formula is C16H22N6O. The molecule has 1 aliphatic carbocycles. The molecule has 0 spiro atoms. The second-order valence-corrected chi connectivity index (χ2v) is 6.35. The van der Waals surface area contributed by atoms with Gasteiger partial charge in [0.15, 0.2) is 5.82 Å². The minimum Gasteiger partial charge on any atom is -0.355 e. The van der Waals surface area contributed by atoms with Crippen LogP contribution in [-0.2, 0) is 6.42 Å². The fourth-order valence-electron chi connectivity index (χ4n) is 3.03. The Morgan fingerprint density at radius 3 is 2.78 bits per heavy atom. The fraction of sp³-hybridized carbons (Fsp3) is 0.625. The lowest BCUT2D eigenvalue weighted by Gasteiger charge is -2.32. The summed E-state index contributed by atoms with van der Waals surface area (Å²) in [5, 5.41) is 7.66. The SMILES string of the molecule is c1cnc(N2CCC(NCCc3nc(C4CC4)no3)CC2)cn1. The van der Waals surface area contributed by atoms with Crippen molar-refractivity contribution >= 4 is 5.82 Å². The molecule has 1 saturated carbocycles. The summed E-state index contributed by atoms with van der Waals surface area (Å²) in [7, 11) is 0. The molecule has 4 rings (SSSR count). The van der Waals surface area contributed by atoms with E-state index < -0.39 is 0 Å². The fourth-order valence-corrected chi connectivity index (χ4v) is 3.03. The monoisotopic (exact) mass is 314 g/mol. The van der Waals surface area contributed by atoms with Crippen LogP contribution < -0.4 is 10.2 Å². The Hall–Kier alpha value is -2.02. The molecule has 3 heterocycles. The van der Waals surface area contributed by atoms with E-state index >= 15 is 0 Å². The predicted molar refractivity (Wildman–Crippen MR) is 85.2 cm³/mol. The van der Waals surface area contributed by atoms with Crippen LogP contribution in [0.1, 0.15) is 43.3 Å². The van der Waals surface area contributed by atoms with E-state index in [1.54, 1.807) is 12.4 Å². The van der Waals surface area contributed by atoms with E-state index in [2.05, 4.69) is 30.3 Å². The average molecular weight is 314 g/mol. The molecule has 2 aromatic rings. The molecule has 0 radical (unpaired) electrons. The maximum Gasteiger partial charge on any atom is 0.227 e. The quantitative estimate of drug-likeness (QED) is 0.866. The van der Waals surface area contributed by atoms with Crippen LogP contribution in [0.2, 0.25) is 0 Å². The molecule has 7 heteroatoms. The number of nitrogens with one attached hydrogen (secondary N) is 1. The third-order valence-corrected chi connectivity index (χ3v) is 4.57. The van der Waals surface area contributed by atoms with Gasteiger partial charge in [0.1, 0.15) is 5.82 Å². The van der Waals surface area contributed by atoms with E-state index in [4.69, 9.17) is 4.52 Å². The van der Waals surface area contributed by atoms with Gasteiger partial charge < -0.3 is 14.7 Å². The molecule has 0 atom stereocenters. The second-order valence-electron chi connectivity index (χ2n) is 6.35. The van der Waals surface area contributed by atoms with E-state index in [0.29, 0.717) is 12.0 Å². The second kappa shape index (κ2) is 6.62. The molecule has 23 heavy (non-hydrogen) atoms. The van der Waals surface area contributed by atoms with Crippen molar-refractivity contribution in [2.24, 2.45) is 0 Å². The summed E-state index contributed by atoms with van der Waals surface area (Å²) in [6.45, 7) is 2.92. The highest BCUT2D eigenvalue weighted by Crippen LogP contribution is 2.38. The number of hydrogen-bond acceptors (Lipinski definition) is 7. The number of hydrogen-bond donors (Lipinski definition) is 1. The van der Waals surface area contributed by atoms with Crippen molar-refractivity contribution in [3.8, 4) is 0 Å². The van der Waals surface area contributed by atoms with Crippen LogP contribution in [0.5, 0.6) is 0 Å². The van der Waals surface area contributed by atoms with Crippen LogP contribution in [0, 0.1) is 0 Å². The van der Waals surface area contributed by atoms with Crippen LogP contribution in [0.3, 0.4) is 0 Å². The van der Waals surface area contributed by atoms with Crippen molar-refractivity contribution in [3.63, 3.8) is 0 Å². The Morgan fingerprint density at radius 1 is 1.17 bits per heavy atom. The van der Waals surface area contributed by atoms with Gasteiger partial charge in [-0.2, -0.15) is 4.98 Å². The number of anilines is 1. The molecule has 122 valence electrons. The van der Waals surface area contributed by atoms with Gasteiger partial charge in [0.25, 0.3) is 0 Å². The Labute approximate surface area is 135 Å². The number of aromatic nitrogens is 4. The predicted octanol–water partition coefficient (Wildman–Crippen LogP) is 1.54. The summed E-state index contributed by atoms with van der Waals surface area (Å²) < 4.78 is 5.31. The van der Waals surface area contributed by atoms with Gasteiger partial charge in [0.2, 0.25) is 5.89 Å². The number of piperidine rings is 1. The average Bonchev–Trinajstić information content (AvgIpc) is 3.36. The van der Waals surface area contributed by atoms with Crippen molar-refractivity contribution in [1.82, 2.24) is 25.4 Å².